The van der Waals surface area contributed by atoms with Gasteiger partial charge in [0.1, 0.15) is 23.8 Å². The van der Waals surface area contributed by atoms with Crippen molar-refractivity contribution in [1.82, 2.24) is 10.4 Å². The van der Waals surface area contributed by atoms with Crippen LogP contribution in [0.4, 0.5) is 16.2 Å². The monoisotopic (exact) mass is 388 g/mol. The Morgan fingerprint density at radius 3 is 2.57 bits per heavy atom. The van der Waals surface area contributed by atoms with Gasteiger partial charge >= 0.3 is 12.0 Å². The van der Waals surface area contributed by atoms with Gasteiger partial charge in [-0.1, -0.05) is 12.1 Å². The van der Waals surface area contributed by atoms with E-state index in [9.17, 15) is 14.7 Å². The first-order valence-corrected chi connectivity index (χ1v) is 9.05. The summed E-state index contributed by atoms with van der Waals surface area (Å²) in [6.07, 6.45) is 2.39. The van der Waals surface area contributed by atoms with Gasteiger partial charge in [-0.2, -0.15) is 0 Å². The topological polar surface area (TPSA) is 98.5 Å². The number of hydrazine groups is 1. The van der Waals surface area contributed by atoms with Crippen LogP contribution in [-0.4, -0.2) is 61.9 Å². The Balaban J connectivity index is 1.61. The van der Waals surface area contributed by atoms with Crippen molar-refractivity contribution in [3.8, 4) is 5.75 Å². The highest BCUT2D eigenvalue weighted by Gasteiger charge is 2.26. The number of carboxylic acids is 1. The lowest BCUT2D eigenvalue weighted by molar-refractivity contribution is 0.0697. The van der Waals surface area contributed by atoms with Crippen LogP contribution in [0.3, 0.4) is 0 Å². The number of para-hydroxylation sites is 2. The third-order valence-corrected chi connectivity index (χ3v) is 4.68. The molecule has 1 fully saturated rings. The fraction of sp³-hybridized carbons (Fsp3) is 0.368. The second kappa shape index (κ2) is 8.66. The standard InChI is InChI=1S/C19H24N4O5/c1-3-23(16-13-28-12-14(16)18(24)25)19(26)20-22-10-8-21(9-11-22)15-6-4-5-7-17(15)27-2/h4-7,12-13H,3,8-11H2,1-2H3,(H,20,26)(H,24,25). The van der Waals surface area contributed by atoms with Crippen LogP contribution in [0.1, 0.15) is 17.3 Å². The lowest BCUT2D eigenvalue weighted by Crippen LogP contribution is -2.56. The number of furan rings is 1. The Bertz CT molecular complexity index is 829. The molecule has 28 heavy (non-hydrogen) atoms. The van der Waals surface area contributed by atoms with E-state index in [2.05, 4.69) is 10.3 Å². The molecule has 0 spiro atoms. The van der Waals surface area contributed by atoms with Gasteiger partial charge in [-0.05, 0) is 19.1 Å². The fourth-order valence-corrected chi connectivity index (χ4v) is 3.23. The summed E-state index contributed by atoms with van der Waals surface area (Å²) in [5.41, 5.74) is 4.07. The minimum Gasteiger partial charge on any atom is -0.495 e. The van der Waals surface area contributed by atoms with Crippen molar-refractivity contribution in [3.05, 3.63) is 42.4 Å². The Hall–Kier alpha value is -3.20. The predicted octanol–water partition coefficient (Wildman–Crippen LogP) is 2.26. The first kappa shape index (κ1) is 19.6. The SMILES string of the molecule is CCN(C(=O)NN1CCN(c2ccccc2OC)CC1)c1cocc1C(=O)O. The van der Waals surface area contributed by atoms with E-state index in [-0.39, 0.29) is 11.3 Å². The number of hydrogen-bond acceptors (Lipinski definition) is 6. The highest BCUT2D eigenvalue weighted by Crippen LogP contribution is 2.28. The summed E-state index contributed by atoms with van der Waals surface area (Å²) in [4.78, 5) is 27.5. The number of benzene rings is 1. The molecule has 0 bridgehead atoms. The zero-order valence-corrected chi connectivity index (χ0v) is 15.9. The number of nitrogens with zero attached hydrogens (tertiary/aromatic N) is 3. The molecule has 2 aromatic rings. The van der Waals surface area contributed by atoms with Crippen LogP contribution in [0.5, 0.6) is 5.75 Å². The largest absolute Gasteiger partial charge is 0.495 e. The molecule has 2 amide bonds. The van der Waals surface area contributed by atoms with Gasteiger partial charge in [0.15, 0.2) is 0 Å². The first-order valence-electron chi connectivity index (χ1n) is 9.05. The predicted molar refractivity (Wildman–Crippen MR) is 104 cm³/mol. The number of carbonyl (C=O) groups excluding carboxylic acids is 1. The van der Waals surface area contributed by atoms with E-state index < -0.39 is 12.0 Å². The summed E-state index contributed by atoms with van der Waals surface area (Å²) < 4.78 is 10.4. The highest BCUT2D eigenvalue weighted by atomic mass is 16.5. The van der Waals surface area contributed by atoms with Gasteiger partial charge in [0, 0.05) is 32.7 Å². The number of amides is 2. The molecule has 9 heteroatoms. The molecule has 0 radical (unpaired) electrons. The Morgan fingerprint density at radius 1 is 1.21 bits per heavy atom. The Kier molecular flexibility index (Phi) is 6.05. The van der Waals surface area contributed by atoms with E-state index in [1.54, 1.807) is 14.0 Å². The summed E-state index contributed by atoms with van der Waals surface area (Å²) in [6.45, 7) is 4.78. The average Bonchev–Trinajstić information content (AvgIpc) is 3.19. The van der Waals surface area contributed by atoms with Gasteiger partial charge in [-0.15, -0.1) is 0 Å². The first-order chi connectivity index (χ1) is 13.5. The van der Waals surface area contributed by atoms with Crippen LogP contribution in [0, 0.1) is 0 Å². The number of anilines is 2. The minimum absolute atomic E-state index is 0.0435. The molecule has 0 aliphatic carbocycles. The molecule has 150 valence electrons. The van der Waals surface area contributed by atoms with Gasteiger partial charge in [0.05, 0.1) is 18.5 Å². The lowest BCUT2D eigenvalue weighted by atomic mass is 10.2. The van der Waals surface area contributed by atoms with Crippen LogP contribution in [0.15, 0.2) is 41.2 Å². The zero-order valence-electron chi connectivity index (χ0n) is 15.9. The number of aromatic carboxylic acids is 1. The molecule has 9 nitrogen and oxygen atoms in total. The summed E-state index contributed by atoms with van der Waals surface area (Å²) in [6, 6.07) is 7.44. The maximum Gasteiger partial charge on any atom is 0.341 e. The molecular formula is C19H24N4O5. The molecule has 1 aromatic heterocycles. The summed E-state index contributed by atoms with van der Waals surface area (Å²) in [5, 5.41) is 11.1. The molecule has 1 saturated heterocycles. The van der Waals surface area contributed by atoms with Crippen molar-refractivity contribution >= 4 is 23.4 Å². The van der Waals surface area contributed by atoms with Gasteiger partial charge in [-0.25, -0.2) is 14.6 Å². The third kappa shape index (κ3) is 4.04. The Morgan fingerprint density at radius 2 is 1.93 bits per heavy atom. The number of carboxylic acid groups (broad SMARTS) is 1. The van der Waals surface area contributed by atoms with Crippen molar-refractivity contribution in [1.29, 1.82) is 0 Å². The minimum atomic E-state index is -1.14. The Labute approximate surface area is 163 Å². The van der Waals surface area contributed by atoms with Crippen molar-refractivity contribution in [2.45, 2.75) is 6.92 Å². The fourth-order valence-electron chi connectivity index (χ4n) is 3.23. The lowest BCUT2D eigenvalue weighted by Gasteiger charge is -2.37. The van der Waals surface area contributed by atoms with E-state index in [1.807, 2.05) is 29.3 Å². The smallest absolute Gasteiger partial charge is 0.341 e. The molecular weight excluding hydrogens is 364 g/mol. The number of urea groups is 1. The maximum absolute atomic E-state index is 12.7. The third-order valence-electron chi connectivity index (χ3n) is 4.68. The maximum atomic E-state index is 12.7. The van der Waals surface area contributed by atoms with E-state index in [0.717, 1.165) is 30.8 Å². The van der Waals surface area contributed by atoms with Crippen LogP contribution in [0.2, 0.25) is 0 Å². The van der Waals surface area contributed by atoms with Crippen molar-refractivity contribution in [2.75, 3.05) is 49.6 Å². The van der Waals surface area contributed by atoms with Crippen LogP contribution < -0.4 is 20.0 Å². The van der Waals surface area contributed by atoms with E-state index in [0.29, 0.717) is 19.6 Å². The number of piperazine rings is 1. The summed E-state index contributed by atoms with van der Waals surface area (Å²) in [7, 11) is 1.65. The quantitative estimate of drug-likeness (QED) is 0.783. The van der Waals surface area contributed by atoms with Gasteiger partial charge in [0.2, 0.25) is 0 Å². The van der Waals surface area contributed by atoms with Crippen LogP contribution in [0.25, 0.3) is 0 Å². The molecule has 1 aliphatic rings. The number of ether oxygens (including phenoxy) is 1. The number of nitrogens with one attached hydrogen (secondary N) is 1. The molecule has 1 aromatic carbocycles. The van der Waals surface area contributed by atoms with Crippen molar-refractivity contribution < 1.29 is 23.8 Å². The molecule has 3 rings (SSSR count). The number of carbonyl (C=O) groups is 2. The second-order valence-electron chi connectivity index (χ2n) is 6.28. The molecule has 2 heterocycles. The molecule has 2 N–H and O–H groups in total. The number of rotatable bonds is 6. The second-order valence-corrected chi connectivity index (χ2v) is 6.28. The average molecular weight is 388 g/mol. The highest BCUT2D eigenvalue weighted by molar-refractivity contribution is 6.00. The normalized spacial score (nSPS) is 14.6. The van der Waals surface area contributed by atoms with E-state index in [1.165, 1.54) is 11.2 Å². The van der Waals surface area contributed by atoms with Gasteiger partial charge in [0.25, 0.3) is 0 Å². The van der Waals surface area contributed by atoms with Gasteiger partial charge < -0.3 is 19.2 Å². The van der Waals surface area contributed by atoms with Crippen LogP contribution in [-0.2, 0) is 0 Å². The zero-order chi connectivity index (χ0) is 20.1. The molecule has 0 unspecified atom stereocenters. The number of methoxy groups -OCH3 is 1. The summed E-state index contributed by atoms with van der Waals surface area (Å²) in [5.74, 6) is -0.321. The summed E-state index contributed by atoms with van der Waals surface area (Å²) >= 11 is 0. The van der Waals surface area contributed by atoms with E-state index in [4.69, 9.17) is 9.15 Å². The van der Waals surface area contributed by atoms with Crippen molar-refractivity contribution in [3.63, 3.8) is 0 Å². The van der Waals surface area contributed by atoms with Gasteiger partial charge in [-0.3, -0.25) is 10.3 Å². The molecule has 0 saturated carbocycles. The van der Waals surface area contributed by atoms with Crippen molar-refractivity contribution in [2.24, 2.45) is 0 Å². The van der Waals surface area contributed by atoms with Crippen LogP contribution >= 0.6 is 0 Å². The number of hydrogen-bond donors (Lipinski definition) is 2. The molecule has 1 aliphatic heterocycles. The van der Waals surface area contributed by atoms with E-state index >= 15 is 0 Å². The molecule has 0 atom stereocenters.